The van der Waals surface area contributed by atoms with Crippen molar-refractivity contribution in [3.63, 3.8) is 0 Å². The lowest BCUT2D eigenvalue weighted by Crippen LogP contribution is -2.41. The maximum absolute atomic E-state index is 11.9. The molecule has 4 rings (SSSR count). The molecular weight excluding hydrogens is 408 g/mol. The molecule has 0 aromatic heterocycles. The van der Waals surface area contributed by atoms with Crippen LogP contribution < -0.4 is 11.1 Å². The molecular formula is C24H38N4O2S. The number of amides is 2. The molecule has 7 heteroatoms. The van der Waals surface area contributed by atoms with Gasteiger partial charge in [-0.15, -0.1) is 13.2 Å². The topological polar surface area (TPSA) is 78.7 Å². The molecule has 0 bridgehead atoms. The molecule has 2 aliphatic heterocycles. The average Bonchev–Trinajstić information content (AvgIpc) is 3.42. The lowest BCUT2D eigenvalue weighted by atomic mass is 10.1. The Labute approximate surface area is 194 Å². The van der Waals surface area contributed by atoms with E-state index in [2.05, 4.69) is 42.8 Å². The lowest BCUT2D eigenvalue weighted by Gasteiger charge is -2.23. The molecule has 3 N–H and O–H groups in total. The third-order valence-corrected chi connectivity index (χ3v) is 5.61. The van der Waals surface area contributed by atoms with Crippen LogP contribution in [0.25, 0.3) is 6.08 Å². The molecule has 0 saturated carbocycles. The second kappa shape index (κ2) is 12.9. The molecule has 2 amide bonds. The van der Waals surface area contributed by atoms with E-state index in [9.17, 15) is 9.59 Å². The van der Waals surface area contributed by atoms with Crippen LogP contribution in [0.3, 0.4) is 0 Å². The van der Waals surface area contributed by atoms with Gasteiger partial charge in [0.25, 0.3) is 0 Å². The molecule has 2 fully saturated rings. The van der Waals surface area contributed by atoms with Crippen molar-refractivity contribution in [3.8, 4) is 0 Å². The fourth-order valence-electron chi connectivity index (χ4n) is 3.90. The van der Waals surface area contributed by atoms with E-state index >= 15 is 0 Å². The Morgan fingerprint density at radius 1 is 1.13 bits per heavy atom. The maximum Gasteiger partial charge on any atom is 0.242 e. The number of carbonyl (C=O) groups excluding carboxylic acids is 2. The summed E-state index contributed by atoms with van der Waals surface area (Å²) in [5.74, 6) is 0.290. The van der Waals surface area contributed by atoms with E-state index in [1.807, 2.05) is 11.0 Å². The van der Waals surface area contributed by atoms with Crippen LogP contribution in [0.4, 0.5) is 5.69 Å². The Kier molecular flexibility index (Phi) is 10.2. The Morgan fingerprint density at radius 3 is 2.55 bits per heavy atom. The number of likely N-dealkylation sites (tertiary alicyclic amines) is 2. The lowest BCUT2D eigenvalue weighted by molar-refractivity contribution is -0.139. The number of thiocarbonyl (C=S) groups is 1. The third-order valence-electron chi connectivity index (χ3n) is 5.50. The SMILES string of the molecule is C=C.NC(=S)Nc1ccc2c(c1)C=CC2.O=C(CN1CCCCCC1=O)N1CCCC1.[HH].[HH]. The highest BCUT2D eigenvalue weighted by molar-refractivity contribution is 7.80. The summed E-state index contributed by atoms with van der Waals surface area (Å²) in [6.45, 7) is 8.82. The van der Waals surface area contributed by atoms with Crippen molar-refractivity contribution in [2.24, 2.45) is 5.73 Å². The van der Waals surface area contributed by atoms with Gasteiger partial charge in [-0.25, -0.2) is 0 Å². The zero-order chi connectivity index (χ0) is 22.6. The van der Waals surface area contributed by atoms with Crippen molar-refractivity contribution < 1.29 is 12.4 Å². The first-order chi connectivity index (χ1) is 15.0. The van der Waals surface area contributed by atoms with Crippen molar-refractivity contribution in [1.82, 2.24) is 9.80 Å². The van der Waals surface area contributed by atoms with Gasteiger partial charge in [-0.3, -0.25) is 9.59 Å². The molecule has 0 spiro atoms. The van der Waals surface area contributed by atoms with Crippen molar-refractivity contribution in [1.29, 1.82) is 0 Å². The number of carbonyl (C=O) groups is 2. The molecule has 1 aliphatic carbocycles. The quantitative estimate of drug-likeness (QED) is 0.537. The molecule has 0 unspecified atom stereocenters. The van der Waals surface area contributed by atoms with E-state index in [0.29, 0.717) is 18.1 Å². The van der Waals surface area contributed by atoms with Crippen LogP contribution in [0.1, 0.15) is 52.5 Å². The van der Waals surface area contributed by atoms with Crippen LogP contribution in [-0.2, 0) is 16.0 Å². The Morgan fingerprint density at radius 2 is 1.84 bits per heavy atom. The van der Waals surface area contributed by atoms with Crippen molar-refractivity contribution in [2.45, 2.75) is 44.9 Å². The van der Waals surface area contributed by atoms with Crippen molar-refractivity contribution >= 4 is 40.9 Å². The summed E-state index contributed by atoms with van der Waals surface area (Å²) in [6, 6.07) is 6.14. The summed E-state index contributed by atoms with van der Waals surface area (Å²) in [5.41, 5.74) is 8.93. The highest BCUT2D eigenvalue weighted by Gasteiger charge is 2.23. The average molecular weight is 447 g/mol. The van der Waals surface area contributed by atoms with Crippen molar-refractivity contribution in [3.05, 3.63) is 48.6 Å². The number of hydrogen-bond donors (Lipinski definition) is 2. The minimum absolute atomic E-state index is 0. The Balaban J connectivity index is 0.000000554. The van der Waals surface area contributed by atoms with Crippen LogP contribution in [0.15, 0.2) is 37.4 Å². The number of fused-ring (bicyclic) bond motifs is 1. The molecule has 1 aromatic carbocycles. The van der Waals surface area contributed by atoms with E-state index in [-0.39, 0.29) is 14.7 Å². The van der Waals surface area contributed by atoms with E-state index in [4.69, 9.17) is 18.0 Å². The van der Waals surface area contributed by atoms with Gasteiger partial charge in [-0.1, -0.05) is 24.6 Å². The van der Waals surface area contributed by atoms with Gasteiger partial charge >= 0.3 is 0 Å². The first-order valence-corrected chi connectivity index (χ1v) is 11.4. The second-order valence-electron chi connectivity index (χ2n) is 7.72. The number of nitrogens with two attached hydrogens (primary N) is 1. The first kappa shape index (κ1) is 24.6. The minimum atomic E-state index is 0. The van der Waals surface area contributed by atoms with E-state index < -0.39 is 0 Å². The monoisotopic (exact) mass is 446 g/mol. The largest absolute Gasteiger partial charge is 0.376 e. The van der Waals surface area contributed by atoms with Gasteiger partial charge in [0.15, 0.2) is 5.11 Å². The summed E-state index contributed by atoms with van der Waals surface area (Å²) in [6.07, 6.45) is 11.3. The van der Waals surface area contributed by atoms with Crippen LogP contribution in [0.5, 0.6) is 0 Å². The van der Waals surface area contributed by atoms with Crippen LogP contribution in [0.2, 0.25) is 0 Å². The normalized spacial score (nSPS) is 17.0. The third kappa shape index (κ3) is 7.83. The summed E-state index contributed by atoms with van der Waals surface area (Å²) < 4.78 is 0. The predicted octanol–water partition coefficient (Wildman–Crippen LogP) is 4.22. The van der Waals surface area contributed by atoms with Crippen LogP contribution >= 0.6 is 12.2 Å². The molecule has 0 atom stereocenters. The summed E-state index contributed by atoms with van der Waals surface area (Å²) >= 11 is 4.75. The van der Waals surface area contributed by atoms with Gasteiger partial charge < -0.3 is 20.9 Å². The molecule has 2 heterocycles. The molecule has 2 saturated heterocycles. The van der Waals surface area contributed by atoms with Gasteiger partial charge in [0.05, 0.1) is 6.54 Å². The predicted molar refractivity (Wildman–Crippen MR) is 136 cm³/mol. The Bertz CT molecular complexity index is 814. The van der Waals surface area contributed by atoms with Gasteiger partial charge in [-0.2, -0.15) is 0 Å². The second-order valence-corrected chi connectivity index (χ2v) is 8.16. The number of nitrogens with zero attached hydrogens (tertiary/aromatic N) is 2. The van der Waals surface area contributed by atoms with E-state index in [1.54, 1.807) is 4.90 Å². The number of rotatable bonds is 3. The highest BCUT2D eigenvalue weighted by atomic mass is 32.1. The number of hydrogen-bond acceptors (Lipinski definition) is 3. The van der Waals surface area contributed by atoms with Gasteiger partial charge in [-0.05, 0) is 67.6 Å². The van der Waals surface area contributed by atoms with Crippen LogP contribution in [-0.4, -0.2) is 52.9 Å². The molecule has 3 aliphatic rings. The Hall–Kier alpha value is -2.67. The number of benzene rings is 1. The number of anilines is 1. The smallest absolute Gasteiger partial charge is 0.242 e. The van der Waals surface area contributed by atoms with Gasteiger partial charge in [0.1, 0.15) is 0 Å². The molecule has 6 nitrogen and oxygen atoms in total. The first-order valence-electron chi connectivity index (χ1n) is 10.9. The van der Waals surface area contributed by atoms with Gasteiger partial charge in [0.2, 0.25) is 11.8 Å². The highest BCUT2D eigenvalue weighted by Crippen LogP contribution is 2.22. The molecule has 172 valence electrons. The molecule has 0 radical (unpaired) electrons. The summed E-state index contributed by atoms with van der Waals surface area (Å²) in [5, 5.41) is 3.22. The molecule has 1 aromatic rings. The fourth-order valence-corrected chi connectivity index (χ4v) is 4.02. The zero-order valence-corrected chi connectivity index (χ0v) is 19.1. The maximum atomic E-state index is 11.9. The fraction of sp³-hybridized carbons (Fsp3) is 0.458. The molecule has 31 heavy (non-hydrogen) atoms. The summed E-state index contributed by atoms with van der Waals surface area (Å²) in [4.78, 5) is 27.3. The standard InChI is InChI=1S/C12H20N2O2.C10H10N2S.C2H4.2H2/c15-11-6-2-1-3-9-14(11)10-12(16)13-7-4-5-8-13;11-10(13)12-9-5-4-7-2-1-3-8(7)6-9;1-2;;/h1-10H2;1,3-6H,2H2,(H3,11,12,13);1-2H2;2*1H. The number of nitrogens with one attached hydrogen (secondary N) is 1. The number of allylic oxidation sites excluding steroid dienone is 1. The van der Waals surface area contributed by atoms with Crippen LogP contribution in [0, 0.1) is 0 Å². The summed E-state index contributed by atoms with van der Waals surface area (Å²) in [7, 11) is 0. The van der Waals surface area contributed by atoms with E-state index in [1.165, 1.54) is 11.1 Å². The zero-order valence-electron chi connectivity index (χ0n) is 18.3. The van der Waals surface area contributed by atoms with Crippen molar-refractivity contribution in [2.75, 3.05) is 31.5 Å². The van der Waals surface area contributed by atoms with Gasteiger partial charge in [0, 0.05) is 34.6 Å². The van der Waals surface area contributed by atoms with E-state index in [0.717, 1.165) is 63.8 Å². The minimum Gasteiger partial charge on any atom is -0.376 e.